The highest BCUT2D eigenvalue weighted by Crippen LogP contribution is 2.40. The second kappa shape index (κ2) is 7.39. The number of aryl methyl sites for hydroxylation is 2. The Balaban J connectivity index is 1.57. The number of fused-ring (bicyclic) bond motifs is 1. The van der Waals surface area contributed by atoms with E-state index < -0.39 is 0 Å². The number of nitrogens with one attached hydrogen (secondary N) is 1. The number of carbonyl (C=O) groups excluding carboxylic acids is 1. The minimum atomic E-state index is -0.106. The van der Waals surface area contributed by atoms with Crippen LogP contribution in [0, 0.1) is 13.8 Å². The summed E-state index contributed by atoms with van der Waals surface area (Å²) in [5, 5.41) is 4.00. The van der Waals surface area contributed by atoms with E-state index in [1.165, 1.54) is 11.3 Å². The van der Waals surface area contributed by atoms with Gasteiger partial charge in [-0.05, 0) is 44.4 Å². The van der Waals surface area contributed by atoms with Crippen LogP contribution in [-0.4, -0.2) is 30.1 Å². The smallest absolute Gasteiger partial charge is 0.261 e. The third-order valence-electron chi connectivity index (χ3n) is 5.07. The van der Waals surface area contributed by atoms with Crippen molar-refractivity contribution in [3.8, 4) is 11.5 Å². The van der Waals surface area contributed by atoms with Gasteiger partial charge in [-0.3, -0.25) is 4.79 Å². The van der Waals surface area contributed by atoms with Crippen LogP contribution in [0.3, 0.4) is 0 Å². The molecule has 146 valence electrons. The van der Waals surface area contributed by atoms with Crippen LogP contribution in [0.5, 0.6) is 11.5 Å². The number of ether oxygens (including phenoxy) is 2. The van der Waals surface area contributed by atoms with E-state index in [4.69, 9.17) is 14.5 Å². The van der Waals surface area contributed by atoms with Gasteiger partial charge in [0.25, 0.3) is 5.91 Å². The fourth-order valence-corrected chi connectivity index (χ4v) is 4.51. The zero-order valence-corrected chi connectivity index (χ0v) is 17.3. The Hall–Kier alpha value is -2.67. The van der Waals surface area contributed by atoms with Gasteiger partial charge in [0, 0.05) is 29.5 Å². The lowest BCUT2D eigenvalue weighted by Crippen LogP contribution is -2.22. The van der Waals surface area contributed by atoms with Gasteiger partial charge in [-0.25, -0.2) is 9.97 Å². The summed E-state index contributed by atoms with van der Waals surface area (Å²) in [6, 6.07) is 5.56. The first kappa shape index (κ1) is 18.7. The molecule has 1 saturated carbocycles. The van der Waals surface area contributed by atoms with Crippen molar-refractivity contribution in [2.75, 3.05) is 14.2 Å². The lowest BCUT2D eigenvalue weighted by atomic mass is 10.1. The van der Waals surface area contributed by atoms with E-state index in [2.05, 4.69) is 10.3 Å². The van der Waals surface area contributed by atoms with Crippen LogP contribution < -0.4 is 14.8 Å². The Morgan fingerprint density at radius 3 is 2.68 bits per heavy atom. The molecule has 1 N–H and O–H groups in total. The lowest BCUT2D eigenvalue weighted by Gasteiger charge is -2.11. The van der Waals surface area contributed by atoms with Crippen molar-refractivity contribution in [2.45, 2.75) is 39.2 Å². The molecule has 28 heavy (non-hydrogen) atoms. The monoisotopic (exact) mass is 397 g/mol. The molecule has 0 bridgehead atoms. The molecule has 1 fully saturated rings. The molecule has 0 radical (unpaired) electrons. The predicted molar refractivity (Wildman–Crippen MR) is 110 cm³/mol. The first-order valence-electron chi connectivity index (χ1n) is 9.28. The predicted octanol–water partition coefficient (Wildman–Crippen LogP) is 4.13. The quantitative estimate of drug-likeness (QED) is 0.677. The molecule has 6 nitrogen and oxygen atoms in total. The highest BCUT2D eigenvalue weighted by Gasteiger charge is 2.28. The van der Waals surface area contributed by atoms with Gasteiger partial charge in [-0.15, -0.1) is 11.3 Å². The molecular weight excluding hydrogens is 374 g/mol. The summed E-state index contributed by atoms with van der Waals surface area (Å²) >= 11 is 1.44. The number of rotatable bonds is 6. The number of methoxy groups -OCH3 is 2. The molecule has 3 aromatic rings. The molecule has 1 aromatic carbocycles. The molecule has 0 aliphatic heterocycles. The zero-order chi connectivity index (χ0) is 19.8. The number of amides is 1. The van der Waals surface area contributed by atoms with Crippen LogP contribution >= 0.6 is 11.3 Å². The number of carbonyl (C=O) groups is 1. The summed E-state index contributed by atoms with van der Waals surface area (Å²) in [6.07, 6.45) is 2.32. The highest BCUT2D eigenvalue weighted by atomic mass is 32.1. The SMILES string of the molecule is COc1ccc(CNC(=O)c2sc3nc(C4CC4)nc(C)c3c2C)c(OC)c1. The van der Waals surface area contributed by atoms with Crippen LogP contribution in [0.1, 0.15) is 51.1 Å². The minimum absolute atomic E-state index is 0.106. The van der Waals surface area contributed by atoms with Gasteiger partial charge in [0.05, 0.1) is 24.8 Å². The lowest BCUT2D eigenvalue weighted by molar-refractivity contribution is 0.0954. The molecule has 0 saturated heterocycles. The van der Waals surface area contributed by atoms with Crippen molar-refractivity contribution in [1.29, 1.82) is 0 Å². The van der Waals surface area contributed by atoms with Gasteiger partial charge in [0.1, 0.15) is 22.2 Å². The van der Waals surface area contributed by atoms with E-state index in [1.54, 1.807) is 14.2 Å². The standard InChI is InChI=1S/C21H23N3O3S/c1-11-17-12(2)23-19(13-5-6-13)24-21(17)28-18(11)20(25)22-10-14-7-8-15(26-3)9-16(14)27-4/h7-9,13H,5-6,10H2,1-4H3,(H,22,25). The van der Waals surface area contributed by atoms with Crippen molar-refractivity contribution in [3.63, 3.8) is 0 Å². The zero-order valence-electron chi connectivity index (χ0n) is 16.5. The molecule has 4 rings (SSSR count). The summed E-state index contributed by atoms with van der Waals surface area (Å²) in [5.74, 6) is 2.70. The Kier molecular flexibility index (Phi) is 4.93. The van der Waals surface area contributed by atoms with Crippen molar-refractivity contribution < 1.29 is 14.3 Å². The molecule has 7 heteroatoms. The molecular formula is C21H23N3O3S. The maximum atomic E-state index is 12.9. The van der Waals surface area contributed by atoms with Gasteiger partial charge in [-0.1, -0.05) is 0 Å². The molecule has 1 amide bonds. The van der Waals surface area contributed by atoms with Gasteiger partial charge in [-0.2, -0.15) is 0 Å². The first-order chi connectivity index (χ1) is 13.5. The highest BCUT2D eigenvalue weighted by molar-refractivity contribution is 7.20. The number of benzene rings is 1. The third kappa shape index (κ3) is 3.42. The van der Waals surface area contributed by atoms with Crippen molar-refractivity contribution in [1.82, 2.24) is 15.3 Å². The van der Waals surface area contributed by atoms with Gasteiger partial charge < -0.3 is 14.8 Å². The van der Waals surface area contributed by atoms with Crippen LogP contribution in [0.15, 0.2) is 18.2 Å². The fraction of sp³-hybridized carbons (Fsp3) is 0.381. The number of hydrogen-bond donors (Lipinski definition) is 1. The molecule has 1 aliphatic rings. The molecule has 2 heterocycles. The summed E-state index contributed by atoms with van der Waals surface area (Å²) < 4.78 is 10.6. The van der Waals surface area contributed by atoms with E-state index in [1.807, 2.05) is 32.0 Å². The van der Waals surface area contributed by atoms with E-state index in [0.29, 0.717) is 28.8 Å². The number of hydrogen-bond acceptors (Lipinski definition) is 6. The topological polar surface area (TPSA) is 73.3 Å². The average molecular weight is 398 g/mol. The van der Waals surface area contributed by atoms with Crippen LogP contribution in [0.2, 0.25) is 0 Å². The van der Waals surface area contributed by atoms with Gasteiger partial charge in [0.2, 0.25) is 0 Å². The normalized spacial score (nSPS) is 13.6. The Bertz CT molecular complexity index is 1060. The van der Waals surface area contributed by atoms with E-state index in [0.717, 1.165) is 45.7 Å². The average Bonchev–Trinajstić information content (AvgIpc) is 3.49. The van der Waals surface area contributed by atoms with E-state index in [9.17, 15) is 4.79 Å². The second-order valence-corrected chi connectivity index (χ2v) is 8.04. The number of nitrogens with zero attached hydrogens (tertiary/aromatic N) is 2. The molecule has 1 aliphatic carbocycles. The summed E-state index contributed by atoms with van der Waals surface area (Å²) in [6.45, 7) is 4.34. The summed E-state index contributed by atoms with van der Waals surface area (Å²) in [5.41, 5.74) is 2.79. The Morgan fingerprint density at radius 1 is 1.21 bits per heavy atom. The van der Waals surface area contributed by atoms with Crippen molar-refractivity contribution >= 4 is 27.5 Å². The largest absolute Gasteiger partial charge is 0.497 e. The maximum absolute atomic E-state index is 12.9. The van der Waals surface area contributed by atoms with E-state index in [-0.39, 0.29) is 5.91 Å². The van der Waals surface area contributed by atoms with Gasteiger partial charge in [0.15, 0.2) is 0 Å². The molecule has 0 spiro atoms. The van der Waals surface area contributed by atoms with Crippen LogP contribution in [0.4, 0.5) is 0 Å². The van der Waals surface area contributed by atoms with Crippen LogP contribution in [0.25, 0.3) is 10.2 Å². The third-order valence-corrected chi connectivity index (χ3v) is 6.26. The van der Waals surface area contributed by atoms with Crippen molar-refractivity contribution in [2.24, 2.45) is 0 Å². The van der Waals surface area contributed by atoms with Crippen LogP contribution in [-0.2, 0) is 6.54 Å². The molecule has 0 atom stereocenters. The van der Waals surface area contributed by atoms with Crippen molar-refractivity contribution in [3.05, 3.63) is 45.7 Å². The maximum Gasteiger partial charge on any atom is 0.261 e. The fourth-order valence-electron chi connectivity index (χ4n) is 3.35. The first-order valence-corrected chi connectivity index (χ1v) is 10.1. The Morgan fingerprint density at radius 2 is 2.00 bits per heavy atom. The Labute approximate surface area is 167 Å². The number of thiophene rings is 1. The second-order valence-electron chi connectivity index (χ2n) is 7.04. The van der Waals surface area contributed by atoms with Gasteiger partial charge >= 0.3 is 0 Å². The minimum Gasteiger partial charge on any atom is -0.497 e. The number of aromatic nitrogens is 2. The molecule has 2 aromatic heterocycles. The molecule has 0 unspecified atom stereocenters. The van der Waals surface area contributed by atoms with E-state index >= 15 is 0 Å². The summed E-state index contributed by atoms with van der Waals surface area (Å²) in [7, 11) is 3.22. The summed E-state index contributed by atoms with van der Waals surface area (Å²) in [4.78, 5) is 23.8.